The van der Waals surface area contributed by atoms with E-state index in [1.807, 2.05) is 25.1 Å². The van der Waals surface area contributed by atoms with E-state index in [1.165, 1.54) is 5.56 Å². The molecule has 1 aliphatic carbocycles. The van der Waals surface area contributed by atoms with Crippen molar-refractivity contribution in [1.29, 1.82) is 0 Å². The maximum absolute atomic E-state index is 5.69. The van der Waals surface area contributed by atoms with Gasteiger partial charge >= 0.3 is 0 Å². The highest BCUT2D eigenvalue weighted by Gasteiger charge is 2.38. The number of pyridine rings is 1. The van der Waals surface area contributed by atoms with Gasteiger partial charge in [0, 0.05) is 23.2 Å². The molecule has 3 nitrogen and oxygen atoms in total. The van der Waals surface area contributed by atoms with Gasteiger partial charge in [0.25, 0.3) is 0 Å². The van der Waals surface area contributed by atoms with Crippen LogP contribution in [0.5, 0.6) is 0 Å². The van der Waals surface area contributed by atoms with Gasteiger partial charge in [-0.1, -0.05) is 42.5 Å². The third kappa shape index (κ3) is 2.80. The molecular formula is C16H17N3S. The van der Waals surface area contributed by atoms with Crippen LogP contribution in [0.25, 0.3) is 0 Å². The molecule has 3 rings (SSSR count). The molecule has 2 unspecified atom stereocenters. The largest absolute Gasteiger partial charge is 0.389 e. The topological polar surface area (TPSA) is 50.9 Å². The first-order valence-corrected chi connectivity index (χ1v) is 7.14. The van der Waals surface area contributed by atoms with Crippen LogP contribution in [-0.2, 0) is 0 Å². The maximum Gasteiger partial charge on any atom is 0.127 e. The fourth-order valence-electron chi connectivity index (χ4n) is 2.50. The van der Waals surface area contributed by atoms with Crippen LogP contribution in [0.15, 0.2) is 42.5 Å². The van der Waals surface area contributed by atoms with E-state index in [2.05, 4.69) is 34.6 Å². The predicted octanol–water partition coefficient (Wildman–Crippen LogP) is 2.99. The van der Waals surface area contributed by atoms with Crippen LogP contribution >= 0.6 is 12.2 Å². The molecule has 0 radical (unpaired) electrons. The second kappa shape index (κ2) is 5.21. The van der Waals surface area contributed by atoms with Crippen molar-refractivity contribution < 1.29 is 0 Å². The van der Waals surface area contributed by atoms with Gasteiger partial charge in [-0.15, -0.1) is 0 Å². The molecule has 0 aliphatic heterocycles. The van der Waals surface area contributed by atoms with E-state index >= 15 is 0 Å². The summed E-state index contributed by atoms with van der Waals surface area (Å²) in [5, 5.41) is 3.47. The zero-order valence-corrected chi connectivity index (χ0v) is 12.2. The molecule has 0 bridgehead atoms. The third-order valence-corrected chi connectivity index (χ3v) is 3.83. The van der Waals surface area contributed by atoms with Crippen molar-refractivity contribution in [1.82, 2.24) is 4.98 Å². The van der Waals surface area contributed by atoms with Gasteiger partial charge in [0.2, 0.25) is 0 Å². The van der Waals surface area contributed by atoms with E-state index in [0.29, 0.717) is 16.9 Å². The average molecular weight is 283 g/mol. The minimum absolute atomic E-state index is 0.411. The summed E-state index contributed by atoms with van der Waals surface area (Å²) in [5.74, 6) is 1.43. The summed E-state index contributed by atoms with van der Waals surface area (Å²) in [5.41, 5.74) is 8.87. The van der Waals surface area contributed by atoms with Crippen molar-refractivity contribution in [3.8, 4) is 0 Å². The van der Waals surface area contributed by atoms with Crippen LogP contribution in [0.2, 0.25) is 0 Å². The van der Waals surface area contributed by atoms with Crippen molar-refractivity contribution >= 4 is 23.0 Å². The van der Waals surface area contributed by atoms with Gasteiger partial charge in [-0.2, -0.15) is 0 Å². The van der Waals surface area contributed by atoms with Crippen LogP contribution in [0.3, 0.4) is 0 Å². The summed E-state index contributed by atoms with van der Waals surface area (Å²) in [6, 6.07) is 14.9. The minimum Gasteiger partial charge on any atom is -0.389 e. The highest BCUT2D eigenvalue weighted by Crippen LogP contribution is 2.42. The average Bonchev–Trinajstić information content (AvgIpc) is 3.18. The summed E-state index contributed by atoms with van der Waals surface area (Å²) in [4.78, 5) is 4.91. The minimum atomic E-state index is 0.411. The summed E-state index contributed by atoms with van der Waals surface area (Å²) in [6.07, 6.45) is 1.14. The summed E-state index contributed by atoms with van der Waals surface area (Å²) >= 11 is 5.03. The van der Waals surface area contributed by atoms with Crippen LogP contribution in [-0.4, -0.2) is 16.0 Å². The molecule has 0 amide bonds. The molecule has 20 heavy (non-hydrogen) atoms. The van der Waals surface area contributed by atoms with Gasteiger partial charge in [-0.25, -0.2) is 4.98 Å². The van der Waals surface area contributed by atoms with Gasteiger partial charge in [0.05, 0.1) is 0 Å². The van der Waals surface area contributed by atoms with Crippen LogP contribution in [0, 0.1) is 6.92 Å². The Hall–Kier alpha value is -1.94. The van der Waals surface area contributed by atoms with Crippen LogP contribution in [0.1, 0.15) is 29.2 Å². The highest BCUT2D eigenvalue weighted by atomic mass is 32.1. The highest BCUT2D eigenvalue weighted by molar-refractivity contribution is 7.80. The molecule has 1 aliphatic rings. The Kier molecular flexibility index (Phi) is 3.40. The van der Waals surface area contributed by atoms with Gasteiger partial charge in [0.15, 0.2) is 0 Å². The summed E-state index contributed by atoms with van der Waals surface area (Å²) < 4.78 is 0. The molecule has 1 heterocycles. The van der Waals surface area contributed by atoms with Gasteiger partial charge in [-0.05, 0) is 31.0 Å². The van der Waals surface area contributed by atoms with Crippen molar-refractivity contribution in [2.24, 2.45) is 5.73 Å². The van der Waals surface area contributed by atoms with E-state index in [4.69, 9.17) is 18.0 Å². The Morgan fingerprint density at radius 1 is 1.30 bits per heavy atom. The number of nitrogens with zero attached hydrogens (tertiary/aromatic N) is 1. The quantitative estimate of drug-likeness (QED) is 0.847. The smallest absolute Gasteiger partial charge is 0.127 e. The number of benzene rings is 1. The maximum atomic E-state index is 5.69. The number of anilines is 1. The number of hydrogen-bond donors (Lipinski definition) is 2. The first-order valence-electron chi connectivity index (χ1n) is 6.73. The number of aryl methyl sites for hydroxylation is 1. The zero-order valence-electron chi connectivity index (χ0n) is 11.3. The molecule has 4 heteroatoms. The molecule has 102 valence electrons. The molecule has 2 atom stereocenters. The Bertz CT molecular complexity index is 639. The van der Waals surface area contributed by atoms with Crippen molar-refractivity contribution in [3.63, 3.8) is 0 Å². The lowest BCUT2D eigenvalue weighted by atomic mass is 10.1. The lowest BCUT2D eigenvalue weighted by Crippen LogP contribution is -2.12. The summed E-state index contributed by atoms with van der Waals surface area (Å²) in [7, 11) is 0. The van der Waals surface area contributed by atoms with Crippen LogP contribution in [0.4, 0.5) is 5.82 Å². The van der Waals surface area contributed by atoms with E-state index < -0.39 is 0 Å². The second-order valence-corrected chi connectivity index (χ2v) is 5.69. The fraction of sp³-hybridized carbons (Fsp3) is 0.250. The first-order chi connectivity index (χ1) is 9.63. The van der Waals surface area contributed by atoms with E-state index in [9.17, 15) is 0 Å². The Balaban J connectivity index is 1.72. The second-order valence-electron chi connectivity index (χ2n) is 5.25. The van der Waals surface area contributed by atoms with Gasteiger partial charge in [-0.3, -0.25) is 0 Å². The number of hydrogen-bond acceptors (Lipinski definition) is 3. The number of nitrogens with one attached hydrogen (secondary N) is 1. The van der Waals surface area contributed by atoms with E-state index in [-0.39, 0.29) is 0 Å². The van der Waals surface area contributed by atoms with E-state index in [1.54, 1.807) is 0 Å². The normalized spacial score (nSPS) is 20.4. The van der Waals surface area contributed by atoms with Crippen molar-refractivity contribution in [2.75, 3.05) is 5.32 Å². The van der Waals surface area contributed by atoms with Gasteiger partial charge in [0.1, 0.15) is 10.8 Å². The van der Waals surface area contributed by atoms with Gasteiger partial charge < -0.3 is 11.1 Å². The third-order valence-electron chi connectivity index (χ3n) is 3.59. The number of aromatic nitrogens is 1. The molecule has 3 N–H and O–H groups in total. The monoisotopic (exact) mass is 283 g/mol. The molecule has 0 spiro atoms. The summed E-state index contributed by atoms with van der Waals surface area (Å²) in [6.45, 7) is 1.95. The number of thiocarbonyl (C=S) groups is 1. The fourth-order valence-corrected chi connectivity index (χ4v) is 2.62. The molecule has 1 aromatic carbocycles. The molecule has 1 saturated carbocycles. The SMILES string of the molecule is Cc1cc(C(N)=S)cc(NC2CC2c2ccccc2)n1. The molecule has 0 saturated heterocycles. The number of nitrogens with two attached hydrogens (primary N) is 1. The van der Waals surface area contributed by atoms with Crippen LogP contribution < -0.4 is 11.1 Å². The van der Waals surface area contributed by atoms with Crippen molar-refractivity contribution in [3.05, 3.63) is 59.3 Å². The number of rotatable bonds is 4. The van der Waals surface area contributed by atoms with E-state index in [0.717, 1.165) is 23.5 Å². The Labute approximate surface area is 124 Å². The Morgan fingerprint density at radius 2 is 2.05 bits per heavy atom. The molecule has 2 aromatic rings. The standard InChI is InChI=1S/C16H17N3S/c1-10-7-12(16(17)20)8-15(18-10)19-14-9-13(14)11-5-3-2-4-6-11/h2-8,13-14H,9H2,1H3,(H2,17,20)(H,18,19). The lowest BCUT2D eigenvalue weighted by Gasteiger charge is -2.08. The first kappa shape index (κ1) is 13.1. The predicted molar refractivity (Wildman–Crippen MR) is 86.1 cm³/mol. The molecule has 1 fully saturated rings. The zero-order chi connectivity index (χ0) is 14.1. The van der Waals surface area contributed by atoms with Crippen molar-refractivity contribution in [2.45, 2.75) is 25.3 Å². The lowest BCUT2D eigenvalue weighted by molar-refractivity contribution is 1.02. The molecular weight excluding hydrogens is 266 g/mol. The molecule has 1 aromatic heterocycles. The Morgan fingerprint density at radius 3 is 2.75 bits per heavy atom.